The van der Waals surface area contributed by atoms with Crippen molar-refractivity contribution in [1.82, 2.24) is 4.98 Å². The van der Waals surface area contributed by atoms with Crippen LogP contribution in [0.4, 0.5) is 5.69 Å². The maximum atomic E-state index is 11.9. The number of anilines is 1. The Morgan fingerprint density at radius 2 is 2.21 bits per heavy atom. The summed E-state index contributed by atoms with van der Waals surface area (Å²) in [4.78, 5) is 17.3. The highest BCUT2D eigenvalue weighted by Crippen LogP contribution is 2.33. The molecule has 1 aromatic rings. The minimum absolute atomic E-state index is 0.00430. The Kier molecular flexibility index (Phi) is 4.03. The Bertz CT molecular complexity index is 622. The molecule has 1 aliphatic heterocycles. The first-order valence-corrected chi connectivity index (χ1v) is 8.44. The van der Waals surface area contributed by atoms with Gasteiger partial charge in [-0.2, -0.15) is 0 Å². The molecule has 0 spiro atoms. The summed E-state index contributed by atoms with van der Waals surface area (Å²) in [6, 6.07) is 3.28. The molecule has 0 N–H and O–H groups in total. The summed E-state index contributed by atoms with van der Waals surface area (Å²) < 4.78 is 28.2. The summed E-state index contributed by atoms with van der Waals surface area (Å²) in [6.45, 7) is 0.00430. The van der Waals surface area contributed by atoms with E-state index in [1.54, 1.807) is 12.1 Å². The highest BCUT2D eigenvalue weighted by atomic mass is 79.9. The third kappa shape index (κ3) is 3.01. The van der Waals surface area contributed by atoms with Gasteiger partial charge in [0.2, 0.25) is 20.8 Å². The minimum atomic E-state index is -3.76. The fourth-order valence-electron chi connectivity index (χ4n) is 1.86. The van der Waals surface area contributed by atoms with Crippen molar-refractivity contribution in [2.75, 3.05) is 18.6 Å². The third-order valence-corrected chi connectivity index (χ3v) is 5.09. The largest absolute Gasteiger partial charge is 0.479 e. The summed E-state index contributed by atoms with van der Waals surface area (Å²) >= 11 is 3.19. The lowest BCUT2D eigenvalue weighted by Crippen LogP contribution is -2.27. The summed E-state index contributed by atoms with van der Waals surface area (Å²) in [5.74, 6) is -0.0769. The lowest BCUT2D eigenvalue weighted by Gasteiger charge is -2.18. The zero-order valence-electron chi connectivity index (χ0n) is 9.84. The zero-order valence-corrected chi connectivity index (χ0v) is 13.0. The second kappa shape index (κ2) is 5.26. The van der Waals surface area contributed by atoms with Crippen LogP contribution in [0.1, 0.15) is 6.42 Å². The number of ether oxygens (including phenoxy) is 1. The average Bonchev–Trinajstić information content (AvgIpc) is 2.71. The molecule has 1 unspecified atom stereocenters. The molecule has 0 aromatic carbocycles. The molecule has 1 amide bonds. The van der Waals surface area contributed by atoms with E-state index in [1.807, 2.05) is 0 Å². The molecule has 0 radical (unpaired) electrons. The van der Waals surface area contributed by atoms with Crippen LogP contribution in [0.2, 0.25) is 0 Å². The van der Waals surface area contributed by atoms with Gasteiger partial charge in [-0.1, -0.05) is 0 Å². The SMILES string of the molecule is COc1nc(Br)ccc1N1CC(S(=O)(=O)Cl)CC1=O. The van der Waals surface area contributed by atoms with Crippen LogP contribution in [0, 0.1) is 0 Å². The molecule has 1 saturated heterocycles. The number of halogens is 2. The Labute approximate surface area is 123 Å². The summed E-state index contributed by atoms with van der Waals surface area (Å²) in [6.07, 6.45) is -0.134. The molecular formula is C10H10BrClN2O4S. The van der Waals surface area contributed by atoms with Crippen LogP contribution < -0.4 is 9.64 Å². The summed E-state index contributed by atoms with van der Waals surface area (Å²) in [7, 11) is 2.96. The fourth-order valence-corrected chi connectivity index (χ4v) is 3.18. The number of carbonyl (C=O) groups excluding carboxylic acids is 1. The van der Waals surface area contributed by atoms with Crippen molar-refractivity contribution >= 4 is 47.3 Å². The van der Waals surface area contributed by atoms with E-state index in [-0.39, 0.29) is 24.8 Å². The summed E-state index contributed by atoms with van der Waals surface area (Å²) in [5.41, 5.74) is 0.429. The third-order valence-electron chi connectivity index (χ3n) is 2.78. The van der Waals surface area contributed by atoms with E-state index < -0.39 is 14.3 Å². The average molecular weight is 370 g/mol. The Balaban J connectivity index is 2.36. The highest BCUT2D eigenvalue weighted by molar-refractivity contribution is 9.10. The van der Waals surface area contributed by atoms with Gasteiger partial charge in [0.15, 0.2) is 0 Å². The van der Waals surface area contributed by atoms with Gasteiger partial charge in [0.1, 0.15) is 15.5 Å². The standard InChI is InChI=1S/C10H10BrClN2O4S/c1-18-10-7(2-3-8(11)13-10)14-5-6(4-9(14)15)19(12,16)17/h2-3,6H,4-5H2,1H3. The number of nitrogens with zero attached hydrogens (tertiary/aromatic N) is 2. The minimum Gasteiger partial charge on any atom is -0.479 e. The van der Waals surface area contributed by atoms with Crippen molar-refractivity contribution < 1.29 is 17.9 Å². The van der Waals surface area contributed by atoms with Crippen molar-refractivity contribution in [2.24, 2.45) is 0 Å². The van der Waals surface area contributed by atoms with Crippen LogP contribution in [0.5, 0.6) is 5.88 Å². The molecule has 0 aliphatic carbocycles. The normalized spacial score (nSPS) is 19.8. The van der Waals surface area contributed by atoms with Gasteiger partial charge in [-0.15, -0.1) is 0 Å². The first kappa shape index (κ1) is 14.5. The number of methoxy groups -OCH3 is 1. The predicted octanol–water partition coefficient (Wildman–Crippen LogP) is 1.53. The van der Waals surface area contributed by atoms with E-state index in [4.69, 9.17) is 15.4 Å². The van der Waals surface area contributed by atoms with E-state index in [2.05, 4.69) is 20.9 Å². The van der Waals surface area contributed by atoms with Gasteiger partial charge in [0.05, 0.1) is 7.11 Å². The zero-order chi connectivity index (χ0) is 14.2. The van der Waals surface area contributed by atoms with Crippen molar-refractivity contribution in [3.8, 4) is 5.88 Å². The van der Waals surface area contributed by atoms with Crippen LogP contribution in [0.25, 0.3) is 0 Å². The van der Waals surface area contributed by atoms with Crippen LogP contribution >= 0.6 is 26.6 Å². The van der Waals surface area contributed by atoms with Crippen molar-refractivity contribution in [3.05, 3.63) is 16.7 Å². The second-order valence-electron chi connectivity index (χ2n) is 3.97. The summed E-state index contributed by atoms with van der Waals surface area (Å²) in [5, 5.41) is -0.907. The lowest BCUT2D eigenvalue weighted by atomic mass is 10.3. The molecule has 6 nitrogen and oxygen atoms in total. The lowest BCUT2D eigenvalue weighted by molar-refractivity contribution is -0.117. The molecule has 104 valence electrons. The number of amides is 1. The van der Waals surface area contributed by atoms with Gasteiger partial charge in [-0.05, 0) is 28.1 Å². The van der Waals surface area contributed by atoms with Crippen LogP contribution in [0.3, 0.4) is 0 Å². The second-order valence-corrected chi connectivity index (χ2v) is 7.69. The van der Waals surface area contributed by atoms with Crippen LogP contribution in [-0.2, 0) is 13.8 Å². The maximum Gasteiger partial charge on any atom is 0.238 e. The topological polar surface area (TPSA) is 76.6 Å². The molecule has 19 heavy (non-hydrogen) atoms. The van der Waals surface area contributed by atoms with Crippen molar-refractivity contribution in [3.63, 3.8) is 0 Å². The maximum absolute atomic E-state index is 11.9. The number of aromatic nitrogens is 1. The molecule has 2 rings (SSSR count). The van der Waals surface area contributed by atoms with Crippen molar-refractivity contribution in [2.45, 2.75) is 11.7 Å². The number of hydrogen-bond acceptors (Lipinski definition) is 5. The van der Waals surface area contributed by atoms with Gasteiger partial charge in [-0.25, -0.2) is 13.4 Å². The smallest absolute Gasteiger partial charge is 0.238 e. The first-order valence-electron chi connectivity index (χ1n) is 5.27. The quantitative estimate of drug-likeness (QED) is 0.596. The van der Waals surface area contributed by atoms with E-state index in [0.717, 1.165) is 0 Å². The Morgan fingerprint density at radius 3 is 2.74 bits per heavy atom. The molecular weight excluding hydrogens is 360 g/mol. The Hall–Kier alpha value is -0.860. The molecule has 0 saturated carbocycles. The number of rotatable bonds is 3. The molecule has 1 fully saturated rings. The number of carbonyl (C=O) groups is 1. The van der Waals surface area contributed by atoms with Gasteiger partial charge < -0.3 is 9.64 Å². The van der Waals surface area contributed by atoms with Gasteiger partial charge in [-0.3, -0.25) is 4.79 Å². The molecule has 1 atom stereocenters. The Morgan fingerprint density at radius 1 is 1.53 bits per heavy atom. The predicted molar refractivity (Wildman–Crippen MR) is 74.0 cm³/mol. The molecule has 9 heteroatoms. The first-order chi connectivity index (χ1) is 8.82. The van der Waals surface area contributed by atoms with E-state index in [0.29, 0.717) is 10.3 Å². The monoisotopic (exact) mass is 368 g/mol. The molecule has 1 aliphatic rings. The molecule has 0 bridgehead atoms. The van der Waals surface area contributed by atoms with Gasteiger partial charge in [0, 0.05) is 23.6 Å². The van der Waals surface area contributed by atoms with Crippen LogP contribution in [0.15, 0.2) is 16.7 Å². The molecule has 2 heterocycles. The number of hydrogen-bond donors (Lipinski definition) is 0. The fraction of sp³-hybridized carbons (Fsp3) is 0.400. The number of pyridine rings is 1. The van der Waals surface area contributed by atoms with E-state index in [9.17, 15) is 13.2 Å². The van der Waals surface area contributed by atoms with E-state index >= 15 is 0 Å². The molecule has 1 aromatic heterocycles. The van der Waals surface area contributed by atoms with Crippen molar-refractivity contribution in [1.29, 1.82) is 0 Å². The van der Waals surface area contributed by atoms with Crippen LogP contribution in [-0.4, -0.2) is 38.2 Å². The highest BCUT2D eigenvalue weighted by Gasteiger charge is 2.39. The van der Waals surface area contributed by atoms with Gasteiger partial charge >= 0.3 is 0 Å². The van der Waals surface area contributed by atoms with Gasteiger partial charge in [0.25, 0.3) is 0 Å². The van der Waals surface area contributed by atoms with E-state index in [1.165, 1.54) is 12.0 Å².